The highest BCUT2D eigenvalue weighted by atomic mass is 19.1. The number of carboxylic acid groups (broad SMARTS) is 1. The van der Waals surface area contributed by atoms with Crippen LogP contribution < -0.4 is 5.32 Å². The molecule has 0 aromatic heterocycles. The molecule has 16 heavy (non-hydrogen) atoms. The summed E-state index contributed by atoms with van der Waals surface area (Å²) < 4.78 is 12.5. The average molecular weight is 223 g/mol. The fourth-order valence-electron chi connectivity index (χ4n) is 0.970. The van der Waals surface area contributed by atoms with Crippen LogP contribution in [0.15, 0.2) is 35.9 Å². The molecule has 84 valence electrons. The van der Waals surface area contributed by atoms with Crippen LogP contribution in [0.1, 0.15) is 6.92 Å². The summed E-state index contributed by atoms with van der Waals surface area (Å²) in [5.41, 5.74) is 0.334. The Morgan fingerprint density at radius 3 is 2.38 bits per heavy atom. The minimum Gasteiger partial charge on any atom is -0.478 e. The summed E-state index contributed by atoms with van der Waals surface area (Å²) in [7, 11) is 0. The van der Waals surface area contributed by atoms with Gasteiger partial charge in [-0.2, -0.15) is 0 Å². The van der Waals surface area contributed by atoms with E-state index in [9.17, 15) is 14.0 Å². The Morgan fingerprint density at radius 2 is 1.88 bits per heavy atom. The van der Waals surface area contributed by atoms with E-state index in [4.69, 9.17) is 5.11 Å². The lowest BCUT2D eigenvalue weighted by molar-refractivity contribution is -0.132. The molecule has 4 nitrogen and oxygen atoms in total. The fraction of sp³-hybridized carbons (Fsp3) is 0.0909. The predicted octanol–water partition coefficient (Wildman–Crippen LogP) is 1.80. The number of benzene rings is 1. The van der Waals surface area contributed by atoms with Crippen molar-refractivity contribution in [1.29, 1.82) is 0 Å². The van der Waals surface area contributed by atoms with Gasteiger partial charge in [0.15, 0.2) is 0 Å². The molecule has 0 spiro atoms. The minimum absolute atomic E-state index is 0.0698. The normalized spacial score (nSPS) is 11.0. The number of halogens is 1. The highest BCUT2D eigenvalue weighted by molar-refractivity contribution is 6.04. The van der Waals surface area contributed by atoms with E-state index in [1.165, 1.54) is 31.2 Å². The Balaban J connectivity index is 2.68. The van der Waals surface area contributed by atoms with Crippen LogP contribution in [-0.2, 0) is 9.59 Å². The van der Waals surface area contributed by atoms with Crippen molar-refractivity contribution in [2.75, 3.05) is 5.32 Å². The molecule has 5 heteroatoms. The molecule has 0 aliphatic carbocycles. The van der Waals surface area contributed by atoms with Gasteiger partial charge in [0.05, 0.1) is 0 Å². The van der Waals surface area contributed by atoms with Crippen LogP contribution in [0.2, 0.25) is 0 Å². The van der Waals surface area contributed by atoms with E-state index in [2.05, 4.69) is 5.32 Å². The van der Waals surface area contributed by atoms with Gasteiger partial charge in [-0.25, -0.2) is 9.18 Å². The van der Waals surface area contributed by atoms with Crippen molar-refractivity contribution in [3.63, 3.8) is 0 Å². The second-order valence-electron chi connectivity index (χ2n) is 3.13. The van der Waals surface area contributed by atoms with E-state index >= 15 is 0 Å². The number of aliphatic carboxylic acids is 1. The molecule has 0 bridgehead atoms. The van der Waals surface area contributed by atoms with Gasteiger partial charge in [-0.3, -0.25) is 4.79 Å². The largest absolute Gasteiger partial charge is 0.478 e. The van der Waals surface area contributed by atoms with Gasteiger partial charge < -0.3 is 10.4 Å². The third-order valence-electron chi connectivity index (χ3n) is 1.80. The summed E-state index contributed by atoms with van der Waals surface area (Å²) in [6, 6.07) is 5.17. The number of amides is 1. The summed E-state index contributed by atoms with van der Waals surface area (Å²) in [6.45, 7) is 1.31. The van der Waals surface area contributed by atoms with Crippen molar-refractivity contribution < 1.29 is 19.1 Å². The number of nitrogens with one attached hydrogen (secondary N) is 1. The number of carbonyl (C=O) groups excluding carboxylic acids is 1. The molecule has 0 saturated heterocycles. The summed E-state index contributed by atoms with van der Waals surface area (Å²) in [5.74, 6) is -2.13. The first-order chi connectivity index (χ1) is 7.49. The number of rotatable bonds is 3. The van der Waals surface area contributed by atoms with Crippen LogP contribution in [0.5, 0.6) is 0 Å². The Bertz CT molecular complexity index is 437. The first kappa shape index (κ1) is 11.9. The van der Waals surface area contributed by atoms with Gasteiger partial charge in [-0.1, -0.05) is 0 Å². The smallest absolute Gasteiger partial charge is 0.331 e. The molecule has 0 unspecified atom stereocenters. The molecule has 1 aromatic rings. The topological polar surface area (TPSA) is 66.4 Å². The Labute approximate surface area is 91.4 Å². The maximum Gasteiger partial charge on any atom is 0.331 e. The van der Waals surface area contributed by atoms with Crippen LogP contribution in [0, 0.1) is 5.82 Å². The zero-order valence-electron chi connectivity index (χ0n) is 8.53. The standard InChI is InChI=1S/C11H10FNO3/c1-7(11(15)16)6-10(14)13-9-4-2-8(12)3-5-9/h2-6H,1H3,(H,13,14)(H,15,16). The number of carboxylic acids is 1. The maximum atomic E-state index is 12.5. The number of hydrogen-bond donors (Lipinski definition) is 2. The fourth-order valence-corrected chi connectivity index (χ4v) is 0.970. The molecule has 0 saturated carbocycles. The van der Waals surface area contributed by atoms with Gasteiger partial charge in [-0.15, -0.1) is 0 Å². The molecule has 0 atom stereocenters. The molecule has 0 heterocycles. The van der Waals surface area contributed by atoms with E-state index in [1.807, 2.05) is 0 Å². The molecule has 0 fully saturated rings. The first-order valence-electron chi connectivity index (χ1n) is 4.47. The van der Waals surface area contributed by atoms with Crippen molar-refractivity contribution in [1.82, 2.24) is 0 Å². The Morgan fingerprint density at radius 1 is 1.31 bits per heavy atom. The Hall–Kier alpha value is -2.17. The van der Waals surface area contributed by atoms with Gasteiger partial charge in [0, 0.05) is 17.3 Å². The van der Waals surface area contributed by atoms with Crippen molar-refractivity contribution >= 4 is 17.6 Å². The van der Waals surface area contributed by atoms with E-state index in [-0.39, 0.29) is 5.57 Å². The number of anilines is 1. The van der Waals surface area contributed by atoms with Gasteiger partial charge in [-0.05, 0) is 31.2 Å². The highest BCUT2D eigenvalue weighted by Crippen LogP contribution is 2.08. The zero-order chi connectivity index (χ0) is 12.1. The molecule has 1 rings (SSSR count). The third kappa shape index (κ3) is 3.53. The van der Waals surface area contributed by atoms with Crippen molar-refractivity contribution in [2.24, 2.45) is 0 Å². The second-order valence-corrected chi connectivity index (χ2v) is 3.13. The summed E-state index contributed by atoms with van der Waals surface area (Å²) in [5, 5.41) is 10.9. The first-order valence-corrected chi connectivity index (χ1v) is 4.47. The molecule has 1 aromatic carbocycles. The van der Waals surface area contributed by atoms with Crippen molar-refractivity contribution in [3.8, 4) is 0 Å². The summed E-state index contributed by atoms with van der Waals surface area (Å²) in [4.78, 5) is 21.7. The molecule has 0 aliphatic rings. The quantitative estimate of drug-likeness (QED) is 0.768. The number of carbonyl (C=O) groups is 2. The van der Waals surface area contributed by atoms with Crippen LogP contribution in [0.25, 0.3) is 0 Å². The lowest BCUT2D eigenvalue weighted by atomic mass is 10.2. The highest BCUT2D eigenvalue weighted by Gasteiger charge is 2.04. The molecule has 0 radical (unpaired) electrons. The average Bonchev–Trinajstić information content (AvgIpc) is 2.21. The predicted molar refractivity (Wildman–Crippen MR) is 56.4 cm³/mol. The molecular formula is C11H10FNO3. The SMILES string of the molecule is CC(=CC(=O)Nc1ccc(F)cc1)C(=O)O. The molecule has 1 amide bonds. The van der Waals surface area contributed by atoms with E-state index < -0.39 is 17.7 Å². The maximum absolute atomic E-state index is 12.5. The van der Waals surface area contributed by atoms with Gasteiger partial charge >= 0.3 is 5.97 Å². The monoisotopic (exact) mass is 223 g/mol. The van der Waals surface area contributed by atoms with Crippen LogP contribution in [-0.4, -0.2) is 17.0 Å². The second kappa shape index (κ2) is 5.06. The summed E-state index contributed by atoms with van der Waals surface area (Å²) >= 11 is 0. The van der Waals surface area contributed by atoms with Crippen LogP contribution in [0.4, 0.5) is 10.1 Å². The zero-order valence-corrected chi connectivity index (χ0v) is 8.53. The van der Waals surface area contributed by atoms with Crippen LogP contribution in [0.3, 0.4) is 0 Å². The van der Waals surface area contributed by atoms with Crippen LogP contribution >= 0.6 is 0 Å². The van der Waals surface area contributed by atoms with E-state index in [1.54, 1.807) is 0 Å². The molecule has 0 aliphatic heterocycles. The summed E-state index contributed by atoms with van der Waals surface area (Å²) in [6.07, 6.45) is 0.964. The molecule has 2 N–H and O–H groups in total. The lowest BCUT2D eigenvalue weighted by Crippen LogP contribution is -2.10. The van der Waals surface area contributed by atoms with Gasteiger partial charge in [0.1, 0.15) is 5.82 Å². The Kier molecular flexibility index (Phi) is 3.77. The van der Waals surface area contributed by atoms with E-state index in [0.29, 0.717) is 5.69 Å². The van der Waals surface area contributed by atoms with Gasteiger partial charge in [0.25, 0.3) is 0 Å². The third-order valence-corrected chi connectivity index (χ3v) is 1.80. The van der Waals surface area contributed by atoms with Crippen molar-refractivity contribution in [3.05, 3.63) is 41.7 Å². The lowest BCUT2D eigenvalue weighted by Gasteiger charge is -2.01. The molecular weight excluding hydrogens is 213 g/mol. The van der Waals surface area contributed by atoms with Crippen molar-refractivity contribution in [2.45, 2.75) is 6.92 Å². The van der Waals surface area contributed by atoms with E-state index in [0.717, 1.165) is 6.08 Å². The number of hydrogen-bond acceptors (Lipinski definition) is 2. The minimum atomic E-state index is -1.16. The van der Waals surface area contributed by atoms with Gasteiger partial charge in [0.2, 0.25) is 5.91 Å².